The summed E-state index contributed by atoms with van der Waals surface area (Å²) in [4.78, 5) is 11.3. The van der Waals surface area contributed by atoms with Crippen molar-refractivity contribution in [1.29, 1.82) is 0 Å². The van der Waals surface area contributed by atoms with E-state index in [9.17, 15) is 4.79 Å². The van der Waals surface area contributed by atoms with Gasteiger partial charge in [-0.15, -0.1) is 0 Å². The average molecular weight is 267 g/mol. The summed E-state index contributed by atoms with van der Waals surface area (Å²) in [6, 6.07) is 7.34. The fourth-order valence-corrected chi connectivity index (χ4v) is 1.76. The minimum Gasteiger partial charge on any atom is -0.465 e. The number of hydrogen-bond donors (Lipinski definition) is 1. The van der Waals surface area contributed by atoms with E-state index in [0.29, 0.717) is 12.1 Å². The molecule has 1 unspecified atom stereocenters. The van der Waals surface area contributed by atoms with Crippen LogP contribution in [0.1, 0.15) is 22.8 Å². The van der Waals surface area contributed by atoms with Crippen molar-refractivity contribution >= 4 is 5.97 Å². The fraction of sp³-hybridized carbons (Fsp3) is 0.500. The number of methoxy groups -OCH3 is 3. The number of rotatable bonds is 7. The lowest BCUT2D eigenvalue weighted by Gasteiger charge is -2.22. The van der Waals surface area contributed by atoms with Gasteiger partial charge in [-0.05, 0) is 24.6 Å². The van der Waals surface area contributed by atoms with Crippen LogP contribution in [0.3, 0.4) is 0 Å². The summed E-state index contributed by atoms with van der Waals surface area (Å²) in [6.45, 7) is 2.66. The molecule has 0 fully saturated rings. The number of hydrogen-bond acceptors (Lipinski definition) is 5. The van der Waals surface area contributed by atoms with Crippen molar-refractivity contribution in [3.05, 3.63) is 35.4 Å². The molecule has 0 saturated carbocycles. The predicted octanol–water partition coefficient (Wildman–Crippen LogP) is 1.57. The number of nitrogens with one attached hydrogen (secondary N) is 1. The molecule has 0 aliphatic heterocycles. The highest BCUT2D eigenvalue weighted by Gasteiger charge is 2.14. The molecule has 0 radical (unpaired) electrons. The van der Waals surface area contributed by atoms with Crippen molar-refractivity contribution in [1.82, 2.24) is 5.32 Å². The summed E-state index contributed by atoms with van der Waals surface area (Å²) in [5.41, 5.74) is 1.62. The Balaban J connectivity index is 2.52. The molecule has 1 rings (SSSR count). The standard InChI is InChI=1S/C14H21NO4/c1-10(14(18-3)19-4)15-9-11-5-7-12(8-6-11)13(16)17-2/h5-8,10,14-15H,9H2,1-4H3. The van der Waals surface area contributed by atoms with Crippen molar-refractivity contribution in [2.24, 2.45) is 0 Å². The molecule has 0 spiro atoms. The highest BCUT2D eigenvalue weighted by atomic mass is 16.7. The minimum absolute atomic E-state index is 0.0651. The van der Waals surface area contributed by atoms with E-state index in [0.717, 1.165) is 5.56 Å². The summed E-state index contributed by atoms with van der Waals surface area (Å²) in [6.07, 6.45) is -0.283. The Morgan fingerprint density at radius 1 is 1.16 bits per heavy atom. The molecule has 0 heterocycles. The minimum atomic E-state index is -0.327. The third-order valence-electron chi connectivity index (χ3n) is 2.88. The third-order valence-corrected chi connectivity index (χ3v) is 2.88. The molecular formula is C14H21NO4. The van der Waals surface area contributed by atoms with Crippen LogP contribution in [-0.4, -0.2) is 39.6 Å². The molecule has 1 aromatic carbocycles. The SMILES string of the molecule is COC(=O)c1ccc(CNC(C)C(OC)OC)cc1. The van der Waals surface area contributed by atoms with Crippen molar-refractivity contribution in [2.75, 3.05) is 21.3 Å². The number of carbonyl (C=O) groups excluding carboxylic acids is 1. The van der Waals surface area contributed by atoms with Crippen molar-refractivity contribution in [3.8, 4) is 0 Å². The summed E-state index contributed by atoms with van der Waals surface area (Å²) < 4.78 is 15.0. The second kappa shape index (κ2) is 7.89. The molecule has 5 heteroatoms. The van der Waals surface area contributed by atoms with E-state index in [1.807, 2.05) is 19.1 Å². The zero-order valence-corrected chi connectivity index (χ0v) is 11.8. The molecule has 1 aromatic rings. The summed E-state index contributed by atoms with van der Waals surface area (Å²) in [7, 11) is 4.59. The maximum absolute atomic E-state index is 11.3. The Labute approximate surface area is 113 Å². The molecule has 1 atom stereocenters. The summed E-state index contributed by atoms with van der Waals surface area (Å²) in [5, 5.41) is 3.30. The lowest BCUT2D eigenvalue weighted by Crippen LogP contribution is -2.39. The first-order valence-corrected chi connectivity index (χ1v) is 6.08. The normalized spacial score (nSPS) is 12.5. The Morgan fingerprint density at radius 3 is 2.21 bits per heavy atom. The number of esters is 1. The molecular weight excluding hydrogens is 246 g/mol. The number of carbonyl (C=O) groups is 1. The van der Waals surface area contributed by atoms with Gasteiger partial charge in [-0.2, -0.15) is 0 Å². The predicted molar refractivity (Wildman–Crippen MR) is 71.9 cm³/mol. The molecule has 0 aromatic heterocycles. The van der Waals surface area contributed by atoms with Gasteiger partial charge in [-0.25, -0.2) is 4.79 Å². The van der Waals surface area contributed by atoms with Crippen molar-refractivity contribution in [3.63, 3.8) is 0 Å². The van der Waals surface area contributed by atoms with Crippen molar-refractivity contribution < 1.29 is 19.0 Å². The first-order chi connectivity index (χ1) is 9.12. The molecule has 0 bridgehead atoms. The molecule has 0 aliphatic carbocycles. The van der Waals surface area contributed by atoms with Crippen LogP contribution in [0.15, 0.2) is 24.3 Å². The van der Waals surface area contributed by atoms with Gasteiger partial charge < -0.3 is 19.5 Å². The maximum atomic E-state index is 11.3. The van der Waals surface area contributed by atoms with Gasteiger partial charge in [0.25, 0.3) is 0 Å². The van der Waals surface area contributed by atoms with E-state index in [1.54, 1.807) is 26.4 Å². The number of ether oxygens (including phenoxy) is 3. The zero-order chi connectivity index (χ0) is 14.3. The van der Waals surface area contributed by atoms with Crippen molar-refractivity contribution in [2.45, 2.75) is 25.8 Å². The van der Waals surface area contributed by atoms with Gasteiger partial charge in [0.15, 0.2) is 6.29 Å². The van der Waals surface area contributed by atoms with Crippen LogP contribution < -0.4 is 5.32 Å². The van der Waals surface area contributed by atoms with Gasteiger partial charge in [-0.1, -0.05) is 12.1 Å². The summed E-state index contributed by atoms with van der Waals surface area (Å²) >= 11 is 0. The van der Waals surface area contributed by atoms with Gasteiger partial charge in [0.05, 0.1) is 18.7 Å². The largest absolute Gasteiger partial charge is 0.465 e. The van der Waals surface area contributed by atoms with Crippen LogP contribution in [0, 0.1) is 0 Å². The third kappa shape index (κ3) is 4.63. The van der Waals surface area contributed by atoms with E-state index >= 15 is 0 Å². The van der Waals surface area contributed by atoms with Gasteiger partial charge in [-0.3, -0.25) is 0 Å². The highest BCUT2D eigenvalue weighted by molar-refractivity contribution is 5.89. The molecule has 0 aliphatic rings. The van der Waals surface area contributed by atoms with Crippen LogP contribution in [-0.2, 0) is 20.8 Å². The molecule has 19 heavy (non-hydrogen) atoms. The second-order valence-electron chi connectivity index (χ2n) is 4.20. The molecule has 5 nitrogen and oxygen atoms in total. The second-order valence-corrected chi connectivity index (χ2v) is 4.20. The van der Waals surface area contributed by atoms with E-state index < -0.39 is 0 Å². The Kier molecular flexibility index (Phi) is 6.49. The lowest BCUT2D eigenvalue weighted by atomic mass is 10.1. The smallest absolute Gasteiger partial charge is 0.337 e. The van der Waals surface area contributed by atoms with Gasteiger partial charge in [0.1, 0.15) is 0 Å². The summed E-state index contributed by atoms with van der Waals surface area (Å²) in [5.74, 6) is -0.327. The monoisotopic (exact) mass is 267 g/mol. The molecule has 0 saturated heterocycles. The van der Waals surface area contributed by atoms with Crippen LogP contribution in [0.25, 0.3) is 0 Å². The van der Waals surface area contributed by atoms with E-state index in [-0.39, 0.29) is 18.3 Å². The van der Waals surface area contributed by atoms with E-state index in [1.165, 1.54) is 7.11 Å². The van der Waals surface area contributed by atoms with Crippen LogP contribution >= 0.6 is 0 Å². The fourth-order valence-electron chi connectivity index (χ4n) is 1.76. The van der Waals surface area contributed by atoms with Crippen LogP contribution in [0.2, 0.25) is 0 Å². The van der Waals surface area contributed by atoms with Gasteiger partial charge in [0, 0.05) is 20.8 Å². The van der Waals surface area contributed by atoms with Crippen LogP contribution in [0.4, 0.5) is 0 Å². The Hall–Kier alpha value is -1.43. The first kappa shape index (κ1) is 15.6. The van der Waals surface area contributed by atoms with E-state index in [4.69, 9.17) is 9.47 Å². The maximum Gasteiger partial charge on any atom is 0.337 e. The van der Waals surface area contributed by atoms with Crippen LogP contribution in [0.5, 0.6) is 0 Å². The Morgan fingerprint density at radius 2 is 1.74 bits per heavy atom. The number of benzene rings is 1. The lowest BCUT2D eigenvalue weighted by molar-refractivity contribution is -0.119. The highest BCUT2D eigenvalue weighted by Crippen LogP contribution is 2.07. The quantitative estimate of drug-likeness (QED) is 0.600. The van der Waals surface area contributed by atoms with Gasteiger partial charge >= 0.3 is 5.97 Å². The molecule has 1 N–H and O–H groups in total. The molecule has 106 valence electrons. The topological polar surface area (TPSA) is 56.8 Å². The molecule has 0 amide bonds. The zero-order valence-electron chi connectivity index (χ0n) is 11.8. The van der Waals surface area contributed by atoms with E-state index in [2.05, 4.69) is 10.1 Å². The first-order valence-electron chi connectivity index (χ1n) is 6.08. The van der Waals surface area contributed by atoms with Gasteiger partial charge in [0.2, 0.25) is 0 Å². The Bertz CT molecular complexity index is 387. The average Bonchev–Trinajstić information content (AvgIpc) is 2.46.